The summed E-state index contributed by atoms with van der Waals surface area (Å²) in [6, 6.07) is 1.45. The summed E-state index contributed by atoms with van der Waals surface area (Å²) in [7, 11) is 0. The SMILES string of the molecule is CC(C)CCN(C(=O)c1cc([N+](=O)[O-])cnc1N)C1CC1. The lowest BCUT2D eigenvalue weighted by Crippen LogP contribution is -2.35. The molecule has 1 aliphatic carbocycles. The highest BCUT2D eigenvalue weighted by Crippen LogP contribution is 2.30. The molecule has 1 aromatic rings. The highest BCUT2D eigenvalue weighted by molar-refractivity contribution is 5.99. The molecule has 1 amide bonds. The van der Waals surface area contributed by atoms with E-state index in [4.69, 9.17) is 5.73 Å². The molecule has 0 aromatic carbocycles. The molecule has 0 unspecified atom stereocenters. The van der Waals surface area contributed by atoms with Gasteiger partial charge in [0.15, 0.2) is 0 Å². The number of aromatic nitrogens is 1. The van der Waals surface area contributed by atoms with Gasteiger partial charge >= 0.3 is 0 Å². The number of rotatable bonds is 6. The molecule has 1 heterocycles. The average molecular weight is 292 g/mol. The normalized spacial score (nSPS) is 14.2. The Hall–Kier alpha value is -2.18. The van der Waals surface area contributed by atoms with Gasteiger partial charge in [0.2, 0.25) is 0 Å². The molecule has 1 saturated carbocycles. The van der Waals surface area contributed by atoms with Crippen molar-refractivity contribution < 1.29 is 9.72 Å². The van der Waals surface area contributed by atoms with Gasteiger partial charge in [0.25, 0.3) is 11.6 Å². The van der Waals surface area contributed by atoms with Crippen LogP contribution in [0.3, 0.4) is 0 Å². The van der Waals surface area contributed by atoms with Crippen LogP contribution in [0.15, 0.2) is 12.3 Å². The van der Waals surface area contributed by atoms with Crippen LogP contribution in [0.1, 0.15) is 43.5 Å². The molecular weight excluding hydrogens is 272 g/mol. The first-order valence-electron chi connectivity index (χ1n) is 7.11. The number of nitrogens with two attached hydrogens (primary N) is 1. The second-order valence-electron chi connectivity index (χ2n) is 5.80. The Bertz CT molecular complexity index is 555. The first-order valence-corrected chi connectivity index (χ1v) is 7.11. The maximum absolute atomic E-state index is 12.6. The van der Waals surface area contributed by atoms with Gasteiger partial charge in [-0.25, -0.2) is 4.98 Å². The van der Waals surface area contributed by atoms with E-state index >= 15 is 0 Å². The average Bonchev–Trinajstić information content (AvgIpc) is 3.23. The fourth-order valence-corrected chi connectivity index (χ4v) is 2.12. The number of hydrogen-bond donors (Lipinski definition) is 1. The number of nitro groups is 1. The molecule has 2 N–H and O–H groups in total. The first-order chi connectivity index (χ1) is 9.90. The van der Waals surface area contributed by atoms with Gasteiger partial charge in [0, 0.05) is 18.7 Å². The Morgan fingerprint density at radius 2 is 2.24 bits per heavy atom. The summed E-state index contributed by atoms with van der Waals surface area (Å²) in [5.74, 6) is 0.271. The van der Waals surface area contributed by atoms with Crippen molar-refractivity contribution >= 4 is 17.4 Å². The molecule has 1 aliphatic rings. The topological polar surface area (TPSA) is 102 Å². The molecule has 0 atom stereocenters. The zero-order chi connectivity index (χ0) is 15.6. The minimum absolute atomic E-state index is 0.0424. The zero-order valence-corrected chi connectivity index (χ0v) is 12.3. The second-order valence-corrected chi connectivity index (χ2v) is 5.80. The number of pyridine rings is 1. The van der Waals surface area contributed by atoms with E-state index in [1.54, 1.807) is 4.90 Å². The van der Waals surface area contributed by atoms with Crippen molar-refractivity contribution in [1.29, 1.82) is 0 Å². The van der Waals surface area contributed by atoms with Crippen LogP contribution < -0.4 is 5.73 Å². The molecule has 0 bridgehead atoms. The third-order valence-electron chi connectivity index (χ3n) is 3.54. The molecule has 7 heteroatoms. The Kier molecular flexibility index (Phi) is 4.40. The van der Waals surface area contributed by atoms with E-state index < -0.39 is 4.92 Å². The van der Waals surface area contributed by atoms with Gasteiger partial charge in [-0.1, -0.05) is 13.8 Å². The lowest BCUT2D eigenvalue weighted by atomic mass is 10.1. The number of anilines is 1. The Labute approximate surface area is 123 Å². The third kappa shape index (κ3) is 3.68. The van der Waals surface area contributed by atoms with Gasteiger partial charge in [-0.2, -0.15) is 0 Å². The van der Waals surface area contributed by atoms with E-state index in [1.807, 2.05) is 0 Å². The summed E-state index contributed by atoms with van der Waals surface area (Å²) in [5.41, 5.74) is 5.63. The zero-order valence-electron chi connectivity index (χ0n) is 12.3. The second kappa shape index (κ2) is 6.07. The molecule has 1 aromatic heterocycles. The largest absolute Gasteiger partial charge is 0.383 e. The van der Waals surface area contributed by atoms with Crippen LogP contribution in [0.2, 0.25) is 0 Å². The van der Waals surface area contributed by atoms with Gasteiger partial charge in [-0.15, -0.1) is 0 Å². The lowest BCUT2D eigenvalue weighted by molar-refractivity contribution is -0.385. The predicted molar refractivity (Wildman–Crippen MR) is 78.8 cm³/mol. The van der Waals surface area contributed by atoms with Crippen LogP contribution in [0.25, 0.3) is 0 Å². The van der Waals surface area contributed by atoms with Gasteiger partial charge in [-0.3, -0.25) is 14.9 Å². The fraction of sp³-hybridized carbons (Fsp3) is 0.571. The molecular formula is C14H20N4O3. The van der Waals surface area contributed by atoms with Gasteiger partial charge < -0.3 is 10.6 Å². The summed E-state index contributed by atoms with van der Waals surface area (Å²) in [6.07, 6.45) is 3.92. The van der Waals surface area contributed by atoms with E-state index in [9.17, 15) is 14.9 Å². The molecule has 114 valence electrons. The number of hydrogen-bond acceptors (Lipinski definition) is 5. The van der Waals surface area contributed by atoms with E-state index in [2.05, 4.69) is 18.8 Å². The van der Waals surface area contributed by atoms with E-state index in [0.29, 0.717) is 12.5 Å². The van der Waals surface area contributed by atoms with Crippen molar-refractivity contribution in [3.63, 3.8) is 0 Å². The molecule has 0 saturated heterocycles. The van der Waals surface area contributed by atoms with Gasteiger partial charge in [-0.05, 0) is 25.2 Å². The molecule has 7 nitrogen and oxygen atoms in total. The highest BCUT2D eigenvalue weighted by atomic mass is 16.6. The van der Waals surface area contributed by atoms with Gasteiger partial charge in [0.05, 0.1) is 10.5 Å². The quantitative estimate of drug-likeness (QED) is 0.639. The van der Waals surface area contributed by atoms with Crippen molar-refractivity contribution in [1.82, 2.24) is 9.88 Å². The van der Waals surface area contributed by atoms with E-state index in [-0.39, 0.29) is 29.0 Å². The predicted octanol–water partition coefficient (Wildman–Crippen LogP) is 2.22. The number of nitrogens with zero attached hydrogens (tertiary/aromatic N) is 3. The maximum atomic E-state index is 12.6. The molecule has 2 rings (SSSR count). The summed E-state index contributed by atoms with van der Waals surface area (Å²) < 4.78 is 0. The fourth-order valence-electron chi connectivity index (χ4n) is 2.12. The molecule has 0 radical (unpaired) electrons. The van der Waals surface area contributed by atoms with Crippen molar-refractivity contribution in [2.45, 2.75) is 39.2 Å². The first kappa shape index (κ1) is 15.2. The van der Waals surface area contributed by atoms with Crippen LogP contribution in [-0.2, 0) is 0 Å². The summed E-state index contributed by atoms with van der Waals surface area (Å²) in [4.78, 5) is 28.4. The van der Waals surface area contributed by atoms with E-state index in [1.165, 1.54) is 6.07 Å². The number of carbonyl (C=O) groups is 1. The van der Waals surface area contributed by atoms with Crippen LogP contribution in [0, 0.1) is 16.0 Å². The summed E-state index contributed by atoms with van der Waals surface area (Å²) >= 11 is 0. The number of nitrogen functional groups attached to an aromatic ring is 1. The highest BCUT2D eigenvalue weighted by Gasteiger charge is 2.34. The summed E-state index contributed by atoms with van der Waals surface area (Å²) in [5, 5.41) is 10.8. The molecule has 21 heavy (non-hydrogen) atoms. The summed E-state index contributed by atoms with van der Waals surface area (Å²) in [6.45, 7) is 4.83. The van der Waals surface area contributed by atoms with E-state index in [0.717, 1.165) is 25.5 Å². The molecule has 0 spiro atoms. The number of carbonyl (C=O) groups excluding carboxylic acids is 1. The van der Waals surface area contributed by atoms with Crippen LogP contribution in [-0.4, -0.2) is 33.3 Å². The Morgan fingerprint density at radius 1 is 1.57 bits per heavy atom. The molecule has 1 fully saturated rings. The van der Waals surface area contributed by atoms with Crippen molar-refractivity contribution in [3.8, 4) is 0 Å². The minimum atomic E-state index is -0.571. The lowest BCUT2D eigenvalue weighted by Gasteiger charge is -2.23. The van der Waals surface area contributed by atoms with Crippen molar-refractivity contribution in [2.24, 2.45) is 5.92 Å². The third-order valence-corrected chi connectivity index (χ3v) is 3.54. The standard InChI is InChI=1S/C14H20N4O3/c1-9(2)5-6-17(10-3-4-10)14(19)12-7-11(18(20)21)8-16-13(12)15/h7-10H,3-6H2,1-2H3,(H2,15,16). The molecule has 0 aliphatic heterocycles. The Morgan fingerprint density at radius 3 is 2.76 bits per heavy atom. The smallest absolute Gasteiger partial charge is 0.288 e. The van der Waals surface area contributed by atoms with Gasteiger partial charge in [0.1, 0.15) is 12.0 Å². The van der Waals surface area contributed by atoms with Crippen molar-refractivity contribution in [3.05, 3.63) is 27.9 Å². The van der Waals surface area contributed by atoms with Crippen molar-refractivity contribution in [2.75, 3.05) is 12.3 Å². The Balaban J connectivity index is 2.23. The van der Waals surface area contributed by atoms with Crippen LogP contribution in [0.5, 0.6) is 0 Å². The van der Waals surface area contributed by atoms with Crippen LogP contribution in [0.4, 0.5) is 11.5 Å². The number of amides is 1. The minimum Gasteiger partial charge on any atom is -0.383 e. The maximum Gasteiger partial charge on any atom is 0.288 e. The van der Waals surface area contributed by atoms with Crippen LogP contribution >= 0.6 is 0 Å². The monoisotopic (exact) mass is 292 g/mol.